The number of carboxylic acids is 1. The third kappa shape index (κ3) is 3.83. The number of carbonyl (C=O) groups is 2. The minimum Gasteiger partial charge on any atom is -0.480 e. The summed E-state index contributed by atoms with van der Waals surface area (Å²) in [5.41, 5.74) is -0.0218. The molecule has 1 aromatic rings. The molecule has 1 atom stereocenters. The first-order chi connectivity index (χ1) is 9.75. The Labute approximate surface area is 125 Å². The van der Waals surface area contributed by atoms with Crippen LogP contribution in [0, 0.1) is 0 Å². The van der Waals surface area contributed by atoms with Crippen molar-refractivity contribution in [2.24, 2.45) is 0 Å². The van der Waals surface area contributed by atoms with Crippen LogP contribution in [0.4, 0.5) is 0 Å². The lowest BCUT2D eigenvalue weighted by Crippen LogP contribution is -2.52. The third-order valence-electron chi connectivity index (χ3n) is 3.53. The summed E-state index contributed by atoms with van der Waals surface area (Å²) < 4.78 is 1.61. The van der Waals surface area contributed by atoms with Crippen LogP contribution in [-0.4, -0.2) is 32.3 Å². The van der Waals surface area contributed by atoms with Gasteiger partial charge >= 0.3 is 5.97 Å². The molecular formula is C15H25N3O3. The molecule has 2 N–H and O–H groups in total. The summed E-state index contributed by atoms with van der Waals surface area (Å²) in [4.78, 5) is 23.8. The molecule has 1 unspecified atom stereocenters. The second-order valence-corrected chi connectivity index (χ2v) is 5.77. The molecule has 0 aromatic carbocycles. The van der Waals surface area contributed by atoms with E-state index in [9.17, 15) is 14.7 Å². The largest absolute Gasteiger partial charge is 0.480 e. The average Bonchev–Trinajstić information content (AvgIpc) is 2.83. The lowest BCUT2D eigenvalue weighted by molar-refractivity contribution is -0.144. The van der Waals surface area contributed by atoms with Crippen molar-refractivity contribution in [3.63, 3.8) is 0 Å². The zero-order valence-electron chi connectivity index (χ0n) is 13.4. The number of nitrogens with one attached hydrogen (secondary N) is 1. The maximum Gasteiger partial charge on any atom is 0.329 e. The fourth-order valence-electron chi connectivity index (χ4n) is 2.18. The Morgan fingerprint density at radius 2 is 2.05 bits per heavy atom. The molecular weight excluding hydrogens is 270 g/mol. The summed E-state index contributed by atoms with van der Waals surface area (Å²) in [7, 11) is 0. The van der Waals surface area contributed by atoms with Crippen LogP contribution in [0.15, 0.2) is 6.07 Å². The Morgan fingerprint density at radius 3 is 2.48 bits per heavy atom. The lowest BCUT2D eigenvalue weighted by Gasteiger charge is -2.25. The Bertz CT molecular complexity index is 522. The lowest BCUT2D eigenvalue weighted by atomic mass is 9.96. The summed E-state index contributed by atoms with van der Waals surface area (Å²) in [6.07, 6.45) is 1.05. The molecule has 1 rings (SSSR count). The van der Waals surface area contributed by atoms with Gasteiger partial charge in [-0.25, -0.2) is 4.79 Å². The highest BCUT2D eigenvalue weighted by atomic mass is 16.4. The smallest absolute Gasteiger partial charge is 0.329 e. The van der Waals surface area contributed by atoms with Crippen LogP contribution in [0.1, 0.15) is 69.6 Å². The van der Waals surface area contributed by atoms with Crippen molar-refractivity contribution in [2.45, 2.75) is 65.5 Å². The second kappa shape index (κ2) is 6.74. The van der Waals surface area contributed by atoms with Gasteiger partial charge in [-0.15, -0.1) is 0 Å². The number of hydrogen-bond acceptors (Lipinski definition) is 3. The van der Waals surface area contributed by atoms with Gasteiger partial charge in [0, 0.05) is 6.54 Å². The maximum atomic E-state index is 12.4. The van der Waals surface area contributed by atoms with Gasteiger partial charge in [0.05, 0.1) is 5.69 Å². The molecule has 6 heteroatoms. The minimum atomic E-state index is -1.26. The minimum absolute atomic E-state index is 0.214. The van der Waals surface area contributed by atoms with Crippen molar-refractivity contribution < 1.29 is 14.7 Å². The molecule has 0 aliphatic carbocycles. The molecule has 0 saturated carbocycles. The number of amides is 1. The first-order valence-corrected chi connectivity index (χ1v) is 7.38. The van der Waals surface area contributed by atoms with Gasteiger partial charge in [-0.05, 0) is 32.3 Å². The Morgan fingerprint density at radius 1 is 1.43 bits per heavy atom. The number of nitrogens with zero attached hydrogens (tertiary/aromatic N) is 2. The van der Waals surface area contributed by atoms with Crippen molar-refractivity contribution in [3.8, 4) is 0 Å². The van der Waals surface area contributed by atoms with Gasteiger partial charge in [-0.3, -0.25) is 9.48 Å². The van der Waals surface area contributed by atoms with Gasteiger partial charge in [0.25, 0.3) is 5.91 Å². The highest BCUT2D eigenvalue weighted by Crippen LogP contribution is 2.17. The normalized spacial score (nSPS) is 14.0. The fraction of sp³-hybridized carbons (Fsp3) is 0.667. The zero-order valence-corrected chi connectivity index (χ0v) is 13.4. The summed E-state index contributed by atoms with van der Waals surface area (Å²) in [6.45, 7) is 9.89. The Kier molecular flexibility index (Phi) is 5.52. The molecule has 1 amide bonds. The van der Waals surface area contributed by atoms with E-state index in [0.717, 1.165) is 5.69 Å². The molecule has 0 bridgehead atoms. The van der Waals surface area contributed by atoms with Crippen LogP contribution >= 0.6 is 0 Å². The summed E-state index contributed by atoms with van der Waals surface area (Å²) in [5, 5.41) is 16.4. The number of aromatic nitrogens is 2. The monoisotopic (exact) mass is 295 g/mol. The van der Waals surface area contributed by atoms with Gasteiger partial charge < -0.3 is 10.4 Å². The SMILES string of the molecule is CCCC(C)(NC(=O)c1cc(C(C)C)nn1CC)C(=O)O. The molecule has 21 heavy (non-hydrogen) atoms. The van der Waals surface area contributed by atoms with Crippen LogP contribution < -0.4 is 5.32 Å². The van der Waals surface area contributed by atoms with Crippen LogP contribution in [0.25, 0.3) is 0 Å². The van der Waals surface area contributed by atoms with E-state index in [2.05, 4.69) is 10.4 Å². The topological polar surface area (TPSA) is 84.2 Å². The Balaban J connectivity index is 3.05. The highest BCUT2D eigenvalue weighted by molar-refractivity contribution is 5.96. The molecule has 0 spiro atoms. The molecule has 1 heterocycles. The van der Waals surface area contributed by atoms with Crippen LogP contribution in [0.3, 0.4) is 0 Å². The summed E-state index contributed by atoms with van der Waals surface area (Å²) in [6, 6.07) is 1.73. The third-order valence-corrected chi connectivity index (χ3v) is 3.53. The fourth-order valence-corrected chi connectivity index (χ4v) is 2.18. The van der Waals surface area contributed by atoms with E-state index in [4.69, 9.17) is 0 Å². The van der Waals surface area contributed by atoms with E-state index >= 15 is 0 Å². The number of carboxylic acid groups (broad SMARTS) is 1. The number of carbonyl (C=O) groups excluding carboxylic acids is 1. The standard InChI is InChI=1S/C15H25N3O3/c1-6-8-15(5,14(20)21)16-13(19)12-9-11(10(3)4)17-18(12)7-2/h9-10H,6-8H2,1-5H3,(H,16,19)(H,20,21). The molecule has 0 fully saturated rings. The molecule has 6 nitrogen and oxygen atoms in total. The van der Waals surface area contributed by atoms with Crippen LogP contribution in [0.5, 0.6) is 0 Å². The molecule has 118 valence electrons. The number of rotatable bonds is 7. The van der Waals surface area contributed by atoms with E-state index in [1.54, 1.807) is 10.7 Å². The van der Waals surface area contributed by atoms with Crippen molar-refractivity contribution in [1.29, 1.82) is 0 Å². The molecule has 0 aliphatic heterocycles. The molecule has 0 aliphatic rings. The average molecular weight is 295 g/mol. The van der Waals surface area contributed by atoms with E-state index in [1.165, 1.54) is 6.92 Å². The van der Waals surface area contributed by atoms with Crippen molar-refractivity contribution in [3.05, 3.63) is 17.5 Å². The van der Waals surface area contributed by atoms with Crippen molar-refractivity contribution in [1.82, 2.24) is 15.1 Å². The van der Waals surface area contributed by atoms with Crippen LogP contribution in [0.2, 0.25) is 0 Å². The highest BCUT2D eigenvalue weighted by Gasteiger charge is 2.35. The summed E-state index contributed by atoms with van der Waals surface area (Å²) in [5.74, 6) is -1.20. The van der Waals surface area contributed by atoms with E-state index in [-0.39, 0.29) is 5.92 Å². The number of aliphatic carboxylic acids is 1. The number of aryl methyl sites for hydroxylation is 1. The number of hydrogen-bond donors (Lipinski definition) is 2. The first-order valence-electron chi connectivity index (χ1n) is 7.38. The quantitative estimate of drug-likeness (QED) is 0.809. The first kappa shape index (κ1) is 17.2. The van der Waals surface area contributed by atoms with Gasteiger partial charge in [0.1, 0.15) is 11.2 Å². The van der Waals surface area contributed by atoms with E-state index < -0.39 is 17.4 Å². The van der Waals surface area contributed by atoms with Gasteiger partial charge in [-0.1, -0.05) is 27.2 Å². The molecule has 0 radical (unpaired) electrons. The van der Waals surface area contributed by atoms with Crippen molar-refractivity contribution in [2.75, 3.05) is 0 Å². The molecule has 1 aromatic heterocycles. The van der Waals surface area contributed by atoms with E-state index in [0.29, 0.717) is 25.1 Å². The van der Waals surface area contributed by atoms with Crippen LogP contribution in [-0.2, 0) is 11.3 Å². The zero-order chi connectivity index (χ0) is 16.2. The Hall–Kier alpha value is -1.85. The van der Waals surface area contributed by atoms with Gasteiger partial charge in [-0.2, -0.15) is 5.10 Å². The predicted molar refractivity (Wildman–Crippen MR) is 80.4 cm³/mol. The van der Waals surface area contributed by atoms with Gasteiger partial charge in [0.2, 0.25) is 0 Å². The summed E-state index contributed by atoms with van der Waals surface area (Å²) >= 11 is 0. The van der Waals surface area contributed by atoms with E-state index in [1.807, 2.05) is 27.7 Å². The second-order valence-electron chi connectivity index (χ2n) is 5.77. The van der Waals surface area contributed by atoms with Crippen molar-refractivity contribution >= 4 is 11.9 Å². The molecule has 0 saturated heterocycles. The maximum absolute atomic E-state index is 12.4. The predicted octanol–water partition coefficient (Wildman–Crippen LogP) is 2.40. The van der Waals surface area contributed by atoms with Gasteiger partial charge in [0.15, 0.2) is 0 Å².